The Balaban J connectivity index is 1.96. The molecular weight excluding hydrogens is 286 g/mol. The maximum atomic E-state index is 12.5. The summed E-state index contributed by atoms with van der Waals surface area (Å²) in [4.78, 5) is 16.5. The number of hydrogen-bond donors (Lipinski definition) is 1. The molecule has 0 radical (unpaired) electrons. The van der Waals surface area contributed by atoms with E-state index in [1.165, 1.54) is 0 Å². The van der Waals surface area contributed by atoms with Crippen molar-refractivity contribution in [1.29, 1.82) is 0 Å². The van der Waals surface area contributed by atoms with Crippen molar-refractivity contribution >= 4 is 17.5 Å². The molecule has 1 fully saturated rings. The maximum Gasteiger partial charge on any atom is 0.236 e. The van der Waals surface area contributed by atoms with E-state index in [0.29, 0.717) is 11.6 Å². The van der Waals surface area contributed by atoms with Gasteiger partial charge in [0.2, 0.25) is 5.91 Å². The van der Waals surface area contributed by atoms with Gasteiger partial charge in [0.1, 0.15) is 0 Å². The molecule has 1 heterocycles. The zero-order chi connectivity index (χ0) is 15.2. The SMILES string of the molecule is CC(c1ccccc1Cl)N(C)C(=O)CN1CCCNCC1. The molecule has 21 heavy (non-hydrogen) atoms. The molecule has 1 unspecified atom stereocenters. The molecular formula is C16H24ClN3O. The summed E-state index contributed by atoms with van der Waals surface area (Å²) in [5.74, 6) is 0.143. The Morgan fingerprint density at radius 1 is 1.38 bits per heavy atom. The van der Waals surface area contributed by atoms with Gasteiger partial charge in [0.05, 0.1) is 12.6 Å². The fraction of sp³-hybridized carbons (Fsp3) is 0.562. The van der Waals surface area contributed by atoms with Crippen molar-refractivity contribution in [3.8, 4) is 0 Å². The molecule has 4 nitrogen and oxygen atoms in total. The highest BCUT2D eigenvalue weighted by atomic mass is 35.5. The van der Waals surface area contributed by atoms with E-state index in [1.807, 2.05) is 38.2 Å². The second-order valence-corrected chi connectivity index (χ2v) is 5.99. The summed E-state index contributed by atoms with van der Waals surface area (Å²) >= 11 is 6.22. The number of nitrogens with zero attached hydrogens (tertiary/aromatic N) is 2. The lowest BCUT2D eigenvalue weighted by Crippen LogP contribution is -2.40. The zero-order valence-electron chi connectivity index (χ0n) is 12.8. The third-order valence-electron chi connectivity index (χ3n) is 4.12. The number of likely N-dealkylation sites (N-methyl/N-ethyl adjacent to an activating group) is 1. The fourth-order valence-corrected chi connectivity index (χ4v) is 2.89. The second-order valence-electron chi connectivity index (χ2n) is 5.58. The van der Waals surface area contributed by atoms with Gasteiger partial charge in [-0.3, -0.25) is 9.69 Å². The van der Waals surface area contributed by atoms with Gasteiger partial charge in [0.15, 0.2) is 0 Å². The van der Waals surface area contributed by atoms with E-state index in [1.54, 1.807) is 4.90 Å². The van der Waals surface area contributed by atoms with Gasteiger partial charge in [-0.1, -0.05) is 29.8 Å². The topological polar surface area (TPSA) is 35.6 Å². The van der Waals surface area contributed by atoms with Crippen molar-refractivity contribution in [2.45, 2.75) is 19.4 Å². The lowest BCUT2D eigenvalue weighted by molar-refractivity contribution is -0.133. The number of rotatable bonds is 4. The normalized spacial score (nSPS) is 18.0. The highest BCUT2D eigenvalue weighted by Crippen LogP contribution is 2.26. The van der Waals surface area contributed by atoms with Crippen LogP contribution in [0.3, 0.4) is 0 Å². The van der Waals surface area contributed by atoms with Crippen molar-refractivity contribution in [2.75, 3.05) is 39.8 Å². The van der Waals surface area contributed by atoms with Gasteiger partial charge in [-0.2, -0.15) is 0 Å². The number of amides is 1. The number of benzene rings is 1. The summed E-state index contributed by atoms with van der Waals surface area (Å²) in [6.45, 7) is 6.40. The molecule has 1 atom stereocenters. The van der Waals surface area contributed by atoms with Crippen LogP contribution in [0.5, 0.6) is 0 Å². The van der Waals surface area contributed by atoms with E-state index in [-0.39, 0.29) is 11.9 Å². The zero-order valence-corrected chi connectivity index (χ0v) is 13.6. The van der Waals surface area contributed by atoms with Crippen LogP contribution in [0.4, 0.5) is 0 Å². The molecule has 1 aromatic carbocycles. The fourth-order valence-electron chi connectivity index (χ4n) is 2.60. The Kier molecular flexibility index (Phi) is 6.03. The van der Waals surface area contributed by atoms with E-state index >= 15 is 0 Å². The van der Waals surface area contributed by atoms with Crippen LogP contribution in [-0.4, -0.2) is 55.5 Å². The van der Waals surface area contributed by atoms with Crippen molar-refractivity contribution in [1.82, 2.24) is 15.1 Å². The van der Waals surface area contributed by atoms with Crippen LogP contribution in [0.15, 0.2) is 24.3 Å². The van der Waals surface area contributed by atoms with E-state index in [9.17, 15) is 4.79 Å². The van der Waals surface area contributed by atoms with Crippen molar-refractivity contribution in [3.63, 3.8) is 0 Å². The summed E-state index contributed by atoms with van der Waals surface area (Å²) < 4.78 is 0. The molecule has 2 rings (SSSR count). The lowest BCUT2D eigenvalue weighted by Gasteiger charge is -2.29. The monoisotopic (exact) mass is 309 g/mol. The first-order valence-corrected chi connectivity index (χ1v) is 7.90. The summed E-state index contributed by atoms with van der Waals surface area (Å²) in [6, 6.07) is 7.69. The summed E-state index contributed by atoms with van der Waals surface area (Å²) in [5.41, 5.74) is 0.993. The van der Waals surface area contributed by atoms with E-state index in [0.717, 1.165) is 38.2 Å². The van der Waals surface area contributed by atoms with Gasteiger partial charge in [0.25, 0.3) is 0 Å². The third kappa shape index (κ3) is 4.43. The number of carbonyl (C=O) groups is 1. The standard InChI is InChI=1S/C16H24ClN3O/c1-13(14-6-3-4-7-15(14)17)19(2)16(21)12-20-10-5-8-18-9-11-20/h3-4,6-7,13,18H,5,8-12H2,1-2H3. The molecule has 0 saturated carbocycles. The molecule has 0 aliphatic carbocycles. The van der Waals surface area contributed by atoms with Crippen LogP contribution < -0.4 is 5.32 Å². The summed E-state index contributed by atoms with van der Waals surface area (Å²) in [6.07, 6.45) is 1.09. The average Bonchev–Trinajstić information content (AvgIpc) is 2.75. The van der Waals surface area contributed by atoms with E-state index in [2.05, 4.69) is 10.2 Å². The smallest absolute Gasteiger partial charge is 0.236 e. The third-order valence-corrected chi connectivity index (χ3v) is 4.47. The second kappa shape index (κ2) is 7.78. The predicted molar refractivity (Wildman–Crippen MR) is 86.6 cm³/mol. The minimum absolute atomic E-state index is 0.0173. The maximum absolute atomic E-state index is 12.5. The van der Waals surface area contributed by atoms with Gasteiger partial charge in [-0.25, -0.2) is 0 Å². The van der Waals surface area contributed by atoms with Crippen molar-refractivity contribution in [2.24, 2.45) is 0 Å². The molecule has 1 saturated heterocycles. The summed E-state index contributed by atoms with van der Waals surface area (Å²) in [7, 11) is 1.85. The molecule has 1 amide bonds. The van der Waals surface area contributed by atoms with E-state index in [4.69, 9.17) is 11.6 Å². The first-order chi connectivity index (χ1) is 10.1. The number of hydrogen-bond acceptors (Lipinski definition) is 3. The van der Waals surface area contributed by atoms with Crippen LogP contribution in [-0.2, 0) is 4.79 Å². The van der Waals surface area contributed by atoms with Crippen LogP contribution in [0, 0.1) is 0 Å². The quantitative estimate of drug-likeness (QED) is 0.926. The van der Waals surface area contributed by atoms with Gasteiger partial charge >= 0.3 is 0 Å². The molecule has 1 aliphatic rings. The molecule has 1 N–H and O–H groups in total. The average molecular weight is 310 g/mol. The number of carbonyl (C=O) groups excluding carboxylic acids is 1. The molecule has 116 valence electrons. The molecule has 0 bridgehead atoms. The van der Waals surface area contributed by atoms with Gasteiger partial charge < -0.3 is 10.2 Å². The first-order valence-electron chi connectivity index (χ1n) is 7.52. The van der Waals surface area contributed by atoms with Gasteiger partial charge in [0, 0.05) is 25.2 Å². The largest absolute Gasteiger partial charge is 0.338 e. The predicted octanol–water partition coefficient (Wildman–Crippen LogP) is 2.15. The van der Waals surface area contributed by atoms with E-state index < -0.39 is 0 Å². The minimum atomic E-state index is -0.0173. The first kappa shape index (κ1) is 16.3. The van der Waals surface area contributed by atoms with Crippen LogP contribution in [0.1, 0.15) is 24.9 Å². The Labute approximate surface area is 132 Å². The van der Waals surface area contributed by atoms with Crippen molar-refractivity contribution < 1.29 is 4.79 Å². The molecule has 1 aliphatic heterocycles. The van der Waals surface area contributed by atoms with Crippen molar-refractivity contribution in [3.05, 3.63) is 34.9 Å². The molecule has 5 heteroatoms. The molecule has 1 aromatic rings. The highest BCUT2D eigenvalue weighted by molar-refractivity contribution is 6.31. The Morgan fingerprint density at radius 2 is 2.14 bits per heavy atom. The number of nitrogens with one attached hydrogen (secondary N) is 1. The van der Waals surface area contributed by atoms with Crippen LogP contribution in [0.25, 0.3) is 0 Å². The Morgan fingerprint density at radius 3 is 2.90 bits per heavy atom. The van der Waals surface area contributed by atoms with Gasteiger partial charge in [-0.05, 0) is 38.1 Å². The number of halogens is 1. The minimum Gasteiger partial charge on any atom is -0.338 e. The molecule has 0 aromatic heterocycles. The van der Waals surface area contributed by atoms with Gasteiger partial charge in [-0.15, -0.1) is 0 Å². The highest BCUT2D eigenvalue weighted by Gasteiger charge is 2.21. The van der Waals surface area contributed by atoms with Crippen LogP contribution in [0.2, 0.25) is 5.02 Å². The lowest BCUT2D eigenvalue weighted by atomic mass is 10.1. The molecule has 0 spiro atoms. The Hall–Kier alpha value is -1.10. The summed E-state index contributed by atoms with van der Waals surface area (Å²) in [5, 5.41) is 4.06. The van der Waals surface area contributed by atoms with Crippen LogP contribution >= 0.6 is 11.6 Å². The Bertz CT molecular complexity index is 472.